The molecule has 1 aromatic heterocycles. The third-order valence-corrected chi connectivity index (χ3v) is 3.83. The number of carbonyl (C=O) groups is 3. The van der Waals surface area contributed by atoms with Crippen LogP contribution in [-0.4, -0.2) is 33.4 Å². The van der Waals surface area contributed by atoms with Gasteiger partial charge in [-0.25, -0.2) is 4.79 Å². The number of aromatic nitrogens is 2. The number of hydrogen-bond acceptors (Lipinski definition) is 6. The quantitative estimate of drug-likeness (QED) is 0.529. The molecule has 2 aromatic rings. The molecule has 0 aliphatic carbocycles. The van der Waals surface area contributed by atoms with Crippen LogP contribution in [-0.2, 0) is 20.9 Å². The van der Waals surface area contributed by atoms with E-state index in [1.165, 1.54) is 25.3 Å². The van der Waals surface area contributed by atoms with Crippen LogP contribution < -0.4 is 11.2 Å². The van der Waals surface area contributed by atoms with Gasteiger partial charge in [-0.2, -0.15) is 4.57 Å². The molecule has 142 valence electrons. The van der Waals surface area contributed by atoms with Crippen molar-refractivity contribution in [3.63, 3.8) is 0 Å². The Hall–Kier alpha value is -3.29. The molecule has 0 aliphatic rings. The second-order valence-electron chi connectivity index (χ2n) is 5.87. The van der Waals surface area contributed by atoms with Crippen LogP contribution in [0.4, 0.5) is 0 Å². The highest BCUT2D eigenvalue weighted by Gasteiger charge is 2.18. The molecule has 0 unspecified atom stereocenters. The molecule has 0 N–H and O–H groups in total. The highest BCUT2D eigenvalue weighted by molar-refractivity contribution is 5.96. The lowest BCUT2D eigenvalue weighted by molar-refractivity contribution is -0.145. The van der Waals surface area contributed by atoms with Crippen molar-refractivity contribution < 1.29 is 19.1 Å². The van der Waals surface area contributed by atoms with Gasteiger partial charge in [0.2, 0.25) is 0 Å². The molecule has 0 atom stereocenters. The highest BCUT2D eigenvalue weighted by Crippen LogP contribution is 2.01. The third kappa shape index (κ3) is 4.87. The summed E-state index contributed by atoms with van der Waals surface area (Å²) in [4.78, 5) is 60.7. The number of ketones is 1. The molecule has 1 aromatic carbocycles. The second kappa shape index (κ2) is 8.88. The van der Waals surface area contributed by atoms with Gasteiger partial charge in [-0.3, -0.25) is 23.7 Å². The van der Waals surface area contributed by atoms with Crippen molar-refractivity contribution >= 4 is 17.7 Å². The average molecular weight is 372 g/mol. The Kier molecular flexibility index (Phi) is 6.59. The number of benzene rings is 1. The molecule has 1 heterocycles. The van der Waals surface area contributed by atoms with Gasteiger partial charge in [-0.05, 0) is 26.0 Å². The summed E-state index contributed by atoms with van der Waals surface area (Å²) in [6.07, 6.45) is 0.817. The molecule has 0 radical (unpaired) electrons. The average Bonchev–Trinajstić information content (AvgIpc) is 2.64. The zero-order valence-electron chi connectivity index (χ0n) is 15.1. The van der Waals surface area contributed by atoms with E-state index in [1.54, 1.807) is 25.1 Å². The monoisotopic (exact) mass is 372 g/mol. The van der Waals surface area contributed by atoms with Crippen LogP contribution in [0.15, 0.2) is 46.1 Å². The molecule has 0 spiro atoms. The minimum absolute atomic E-state index is 0.0553. The van der Waals surface area contributed by atoms with E-state index in [1.807, 2.05) is 0 Å². The standard InChI is InChI=1S/C19H20N2O6/c1-3-27-16(23)11-15(22)9-10-20-12-13(2)17(24)21(19(20)26)18(25)14-7-5-4-6-8-14/h4-8,12H,3,9-11H2,1-2H3. The van der Waals surface area contributed by atoms with E-state index >= 15 is 0 Å². The lowest BCUT2D eigenvalue weighted by Gasteiger charge is -2.10. The SMILES string of the molecule is CCOC(=O)CC(=O)CCn1cc(C)c(=O)n(C(=O)c2ccccc2)c1=O. The van der Waals surface area contributed by atoms with Gasteiger partial charge in [-0.1, -0.05) is 18.2 Å². The van der Waals surface area contributed by atoms with Crippen molar-refractivity contribution in [2.45, 2.75) is 33.2 Å². The first-order valence-corrected chi connectivity index (χ1v) is 8.45. The summed E-state index contributed by atoms with van der Waals surface area (Å²) in [7, 11) is 0. The predicted octanol–water partition coefficient (Wildman–Crippen LogP) is 0.919. The summed E-state index contributed by atoms with van der Waals surface area (Å²) in [5, 5.41) is 0. The molecule has 0 saturated carbocycles. The van der Waals surface area contributed by atoms with Gasteiger partial charge < -0.3 is 4.74 Å². The lowest BCUT2D eigenvalue weighted by atomic mass is 10.2. The smallest absolute Gasteiger partial charge is 0.338 e. The third-order valence-electron chi connectivity index (χ3n) is 3.83. The minimum Gasteiger partial charge on any atom is -0.466 e. The van der Waals surface area contributed by atoms with Crippen molar-refractivity contribution in [3.8, 4) is 0 Å². The van der Waals surface area contributed by atoms with Gasteiger partial charge in [0.25, 0.3) is 11.5 Å². The fourth-order valence-electron chi connectivity index (χ4n) is 2.49. The van der Waals surface area contributed by atoms with Crippen molar-refractivity contribution in [2.75, 3.05) is 6.61 Å². The minimum atomic E-state index is -0.830. The number of aryl methyl sites for hydroxylation is 2. The maximum atomic E-state index is 12.6. The summed E-state index contributed by atoms with van der Waals surface area (Å²) in [5.74, 6) is -1.76. The Morgan fingerprint density at radius 1 is 1.07 bits per heavy atom. The second-order valence-corrected chi connectivity index (χ2v) is 5.87. The van der Waals surface area contributed by atoms with Crippen LogP contribution in [0.2, 0.25) is 0 Å². The molecule has 0 fully saturated rings. The summed E-state index contributed by atoms with van der Waals surface area (Å²) in [5.41, 5.74) is -1.14. The normalized spacial score (nSPS) is 10.4. The molecule has 0 bridgehead atoms. The molecule has 0 amide bonds. The number of esters is 1. The van der Waals surface area contributed by atoms with E-state index in [0.717, 1.165) is 4.57 Å². The number of Topliss-reactive ketones (excluding diaryl/α,β-unsaturated/α-hetero) is 1. The van der Waals surface area contributed by atoms with E-state index in [-0.39, 0.29) is 37.1 Å². The maximum absolute atomic E-state index is 12.6. The molecular weight excluding hydrogens is 352 g/mol. The van der Waals surface area contributed by atoms with Gasteiger partial charge in [0, 0.05) is 30.3 Å². The number of nitrogens with zero attached hydrogens (tertiary/aromatic N) is 2. The van der Waals surface area contributed by atoms with Crippen LogP contribution in [0.25, 0.3) is 0 Å². The molecule has 0 aliphatic heterocycles. The zero-order chi connectivity index (χ0) is 20.0. The van der Waals surface area contributed by atoms with Gasteiger partial charge in [0.1, 0.15) is 12.2 Å². The predicted molar refractivity (Wildman–Crippen MR) is 96.7 cm³/mol. The molecule has 8 heteroatoms. The van der Waals surface area contributed by atoms with Crippen LogP contribution in [0, 0.1) is 6.92 Å². The largest absolute Gasteiger partial charge is 0.466 e. The maximum Gasteiger partial charge on any atom is 0.338 e. The summed E-state index contributed by atoms with van der Waals surface area (Å²) >= 11 is 0. The Bertz CT molecular complexity index is 972. The molecular formula is C19H20N2O6. The lowest BCUT2D eigenvalue weighted by Crippen LogP contribution is -2.44. The van der Waals surface area contributed by atoms with E-state index in [4.69, 9.17) is 4.74 Å². The fourth-order valence-corrected chi connectivity index (χ4v) is 2.49. The summed E-state index contributed by atoms with van der Waals surface area (Å²) < 4.78 is 6.39. The zero-order valence-corrected chi connectivity index (χ0v) is 15.1. The molecule has 8 nitrogen and oxygen atoms in total. The first kappa shape index (κ1) is 20.0. The van der Waals surface area contributed by atoms with E-state index in [9.17, 15) is 24.0 Å². The van der Waals surface area contributed by atoms with Crippen LogP contribution in [0.1, 0.15) is 35.7 Å². The van der Waals surface area contributed by atoms with Gasteiger partial charge in [0.15, 0.2) is 0 Å². The van der Waals surface area contributed by atoms with Crippen LogP contribution in [0.5, 0.6) is 0 Å². The van der Waals surface area contributed by atoms with E-state index < -0.39 is 28.9 Å². The number of ether oxygens (including phenoxy) is 1. The number of hydrogen-bond donors (Lipinski definition) is 0. The Balaban J connectivity index is 2.27. The Morgan fingerprint density at radius 2 is 1.74 bits per heavy atom. The van der Waals surface area contributed by atoms with Crippen molar-refractivity contribution in [1.29, 1.82) is 0 Å². The summed E-state index contributed by atoms with van der Waals surface area (Å²) in [6, 6.07) is 7.97. The van der Waals surface area contributed by atoms with Gasteiger partial charge >= 0.3 is 11.7 Å². The topological polar surface area (TPSA) is 104 Å². The molecule has 27 heavy (non-hydrogen) atoms. The van der Waals surface area contributed by atoms with Crippen molar-refractivity contribution in [1.82, 2.24) is 9.13 Å². The fraction of sp³-hybridized carbons (Fsp3) is 0.316. The first-order valence-electron chi connectivity index (χ1n) is 8.45. The first-order chi connectivity index (χ1) is 12.8. The van der Waals surface area contributed by atoms with Crippen molar-refractivity contribution in [2.24, 2.45) is 0 Å². The summed E-state index contributed by atoms with van der Waals surface area (Å²) in [6.45, 7) is 3.24. The molecule has 2 rings (SSSR count). The highest BCUT2D eigenvalue weighted by atomic mass is 16.5. The molecule has 0 saturated heterocycles. The number of carbonyl (C=O) groups excluding carboxylic acids is 3. The van der Waals surface area contributed by atoms with E-state index in [0.29, 0.717) is 4.57 Å². The Morgan fingerprint density at radius 3 is 2.37 bits per heavy atom. The van der Waals surface area contributed by atoms with Crippen molar-refractivity contribution in [3.05, 3.63) is 68.5 Å². The van der Waals surface area contributed by atoms with Crippen LogP contribution in [0.3, 0.4) is 0 Å². The van der Waals surface area contributed by atoms with Gasteiger partial charge in [-0.15, -0.1) is 0 Å². The van der Waals surface area contributed by atoms with Gasteiger partial charge in [0.05, 0.1) is 6.61 Å². The van der Waals surface area contributed by atoms with E-state index in [2.05, 4.69) is 0 Å². The number of rotatable bonds is 7. The van der Waals surface area contributed by atoms with Crippen LogP contribution >= 0.6 is 0 Å². The Labute approximate surface area is 155 Å².